The molecule has 0 amide bonds. The van der Waals surface area contributed by atoms with Crippen LogP contribution in [0.5, 0.6) is 0 Å². The predicted molar refractivity (Wildman–Crippen MR) is 72.7 cm³/mol. The largest absolute Gasteiger partial charge is 0.330 e. The first-order valence-electron chi connectivity index (χ1n) is 5.46. The van der Waals surface area contributed by atoms with E-state index in [2.05, 4.69) is 35.3 Å². The van der Waals surface area contributed by atoms with Gasteiger partial charge in [0, 0.05) is 4.90 Å². The van der Waals surface area contributed by atoms with E-state index in [-0.39, 0.29) is 0 Å². The molecule has 0 fully saturated rings. The number of hydrogen-bond acceptors (Lipinski definition) is 5. The molecule has 90 valence electrons. The van der Waals surface area contributed by atoms with Crippen LogP contribution in [-0.2, 0) is 6.42 Å². The van der Waals surface area contributed by atoms with Crippen LogP contribution >= 0.6 is 23.1 Å². The van der Waals surface area contributed by atoms with Gasteiger partial charge in [-0.25, -0.2) is 0 Å². The summed E-state index contributed by atoms with van der Waals surface area (Å²) in [7, 11) is 0. The van der Waals surface area contributed by atoms with Gasteiger partial charge in [-0.3, -0.25) is 0 Å². The first-order valence-corrected chi connectivity index (χ1v) is 7.10. The average molecular weight is 265 g/mol. The molecule has 0 unspecified atom stereocenters. The van der Waals surface area contributed by atoms with Crippen molar-refractivity contribution < 1.29 is 0 Å². The third-order valence-corrected chi connectivity index (χ3v) is 4.34. The Bertz CT molecular complexity index is 508. The number of nitrogens with two attached hydrogens (primary N) is 1. The monoisotopic (exact) mass is 265 g/mol. The van der Waals surface area contributed by atoms with E-state index in [4.69, 9.17) is 5.73 Å². The van der Waals surface area contributed by atoms with Crippen LogP contribution in [0.15, 0.2) is 27.4 Å². The highest BCUT2D eigenvalue weighted by molar-refractivity contribution is 8.01. The second-order valence-corrected chi connectivity index (χ2v) is 6.31. The Labute approximate surface area is 109 Å². The quantitative estimate of drug-likeness (QED) is 0.923. The number of hydrogen-bond donors (Lipinski definition) is 1. The molecule has 0 bridgehead atoms. The number of aromatic nitrogens is 2. The van der Waals surface area contributed by atoms with Gasteiger partial charge in [0.25, 0.3) is 0 Å². The molecule has 0 atom stereocenters. The van der Waals surface area contributed by atoms with Gasteiger partial charge in [-0.1, -0.05) is 40.8 Å². The molecule has 5 heteroatoms. The lowest BCUT2D eigenvalue weighted by molar-refractivity contribution is 0.939. The summed E-state index contributed by atoms with van der Waals surface area (Å²) in [6.07, 6.45) is 0.905. The predicted octanol–water partition coefficient (Wildman–Crippen LogP) is 2.81. The molecule has 3 nitrogen and oxygen atoms in total. The lowest BCUT2D eigenvalue weighted by Gasteiger charge is -2.07. The second-order valence-electron chi connectivity index (χ2n) is 3.84. The molecule has 1 heterocycles. The zero-order valence-electron chi connectivity index (χ0n) is 9.93. The van der Waals surface area contributed by atoms with Gasteiger partial charge in [0.2, 0.25) is 0 Å². The van der Waals surface area contributed by atoms with Crippen molar-refractivity contribution in [1.29, 1.82) is 0 Å². The topological polar surface area (TPSA) is 51.8 Å². The smallest absolute Gasteiger partial charge is 0.179 e. The molecule has 0 spiro atoms. The van der Waals surface area contributed by atoms with E-state index in [1.165, 1.54) is 16.0 Å². The van der Waals surface area contributed by atoms with Crippen LogP contribution in [0.1, 0.15) is 16.1 Å². The molecule has 0 saturated carbocycles. The minimum absolute atomic E-state index is 0.673. The van der Waals surface area contributed by atoms with Gasteiger partial charge in [-0.05, 0) is 38.4 Å². The Morgan fingerprint density at radius 3 is 2.76 bits per heavy atom. The average Bonchev–Trinajstić information content (AvgIpc) is 2.69. The third-order valence-electron chi connectivity index (χ3n) is 2.33. The summed E-state index contributed by atoms with van der Waals surface area (Å²) in [4.78, 5) is 1.23. The van der Waals surface area contributed by atoms with Crippen molar-refractivity contribution in [3.8, 4) is 0 Å². The first kappa shape index (κ1) is 12.5. The molecule has 0 aliphatic carbocycles. The first-order chi connectivity index (χ1) is 8.19. The van der Waals surface area contributed by atoms with E-state index in [9.17, 15) is 0 Å². The van der Waals surface area contributed by atoms with Crippen molar-refractivity contribution in [1.82, 2.24) is 10.2 Å². The van der Waals surface area contributed by atoms with Gasteiger partial charge >= 0.3 is 0 Å². The van der Waals surface area contributed by atoms with Crippen molar-refractivity contribution in [3.63, 3.8) is 0 Å². The fraction of sp³-hybridized carbons (Fsp3) is 0.333. The van der Waals surface area contributed by atoms with Crippen LogP contribution in [0.25, 0.3) is 0 Å². The van der Waals surface area contributed by atoms with Gasteiger partial charge in [-0.15, -0.1) is 10.2 Å². The van der Waals surface area contributed by atoms with Crippen molar-refractivity contribution >= 4 is 23.1 Å². The highest BCUT2D eigenvalue weighted by Crippen LogP contribution is 2.32. The summed E-state index contributed by atoms with van der Waals surface area (Å²) in [6.45, 7) is 4.74. The maximum atomic E-state index is 5.64. The van der Waals surface area contributed by atoms with Crippen LogP contribution in [-0.4, -0.2) is 16.7 Å². The molecule has 2 N–H and O–H groups in total. The Morgan fingerprint density at radius 2 is 2.12 bits per heavy atom. The summed E-state index contributed by atoms with van der Waals surface area (Å²) >= 11 is 3.30. The highest BCUT2D eigenvalue weighted by Gasteiger charge is 2.07. The summed E-state index contributed by atoms with van der Waals surface area (Å²) in [5, 5.41) is 9.16. The lowest BCUT2D eigenvalue weighted by Crippen LogP contribution is -2.03. The van der Waals surface area contributed by atoms with Gasteiger partial charge in [-0.2, -0.15) is 0 Å². The second kappa shape index (κ2) is 5.62. The summed E-state index contributed by atoms with van der Waals surface area (Å²) in [6, 6.07) is 6.46. The van der Waals surface area contributed by atoms with Crippen molar-refractivity contribution in [2.75, 3.05) is 6.54 Å². The SMILES string of the molecule is Cc1ccc(Sc2nnc(C)s2)c(CCN)c1. The van der Waals surface area contributed by atoms with Crippen molar-refractivity contribution in [3.05, 3.63) is 34.3 Å². The van der Waals surface area contributed by atoms with E-state index in [0.717, 1.165) is 15.8 Å². The molecule has 0 radical (unpaired) electrons. The van der Waals surface area contributed by atoms with Crippen LogP contribution in [0.2, 0.25) is 0 Å². The summed E-state index contributed by atoms with van der Waals surface area (Å²) in [5.41, 5.74) is 8.21. The van der Waals surface area contributed by atoms with Gasteiger partial charge < -0.3 is 5.73 Å². The van der Waals surface area contributed by atoms with Crippen molar-refractivity contribution in [2.24, 2.45) is 5.73 Å². The van der Waals surface area contributed by atoms with Gasteiger partial charge in [0.1, 0.15) is 5.01 Å². The number of benzene rings is 1. The van der Waals surface area contributed by atoms with Crippen LogP contribution < -0.4 is 5.73 Å². The maximum Gasteiger partial charge on any atom is 0.179 e. The fourth-order valence-corrected chi connectivity index (χ4v) is 3.48. The van der Waals surface area contributed by atoms with E-state index >= 15 is 0 Å². The third kappa shape index (κ3) is 3.28. The molecule has 2 rings (SSSR count). The molecule has 1 aromatic heterocycles. The van der Waals surface area contributed by atoms with Gasteiger partial charge in [0.05, 0.1) is 0 Å². The Kier molecular flexibility index (Phi) is 4.15. The lowest BCUT2D eigenvalue weighted by atomic mass is 10.1. The zero-order valence-corrected chi connectivity index (χ0v) is 11.6. The molecular weight excluding hydrogens is 250 g/mol. The van der Waals surface area contributed by atoms with E-state index in [1.807, 2.05) is 6.92 Å². The number of rotatable bonds is 4. The molecular formula is C12H15N3S2. The summed E-state index contributed by atoms with van der Waals surface area (Å²) < 4.78 is 0.990. The summed E-state index contributed by atoms with van der Waals surface area (Å²) in [5.74, 6) is 0. The highest BCUT2D eigenvalue weighted by atomic mass is 32.2. The zero-order chi connectivity index (χ0) is 12.3. The molecule has 1 aromatic carbocycles. The number of aryl methyl sites for hydroxylation is 2. The molecule has 2 aromatic rings. The fourth-order valence-electron chi connectivity index (χ4n) is 1.57. The minimum atomic E-state index is 0.673. The van der Waals surface area contributed by atoms with Gasteiger partial charge in [0.15, 0.2) is 4.34 Å². The molecule has 0 aliphatic heterocycles. The van der Waals surface area contributed by atoms with Crippen LogP contribution in [0, 0.1) is 13.8 Å². The molecule has 0 aliphatic rings. The van der Waals surface area contributed by atoms with E-state index in [1.54, 1.807) is 23.1 Å². The van der Waals surface area contributed by atoms with E-state index in [0.29, 0.717) is 6.54 Å². The van der Waals surface area contributed by atoms with Crippen LogP contribution in [0.4, 0.5) is 0 Å². The Hall–Kier alpha value is -0.910. The Morgan fingerprint density at radius 1 is 1.29 bits per heavy atom. The maximum absolute atomic E-state index is 5.64. The minimum Gasteiger partial charge on any atom is -0.330 e. The molecule has 0 saturated heterocycles. The van der Waals surface area contributed by atoms with Crippen molar-refractivity contribution in [2.45, 2.75) is 29.5 Å². The van der Waals surface area contributed by atoms with Crippen LogP contribution in [0.3, 0.4) is 0 Å². The number of nitrogens with zero attached hydrogens (tertiary/aromatic N) is 2. The standard InChI is InChI=1S/C12H15N3S2/c1-8-3-4-11(10(7-8)5-6-13)17-12-15-14-9(2)16-12/h3-4,7H,5-6,13H2,1-2H3. The molecule has 17 heavy (non-hydrogen) atoms. The van der Waals surface area contributed by atoms with E-state index < -0.39 is 0 Å². The Balaban J connectivity index is 2.25. The normalized spacial score (nSPS) is 10.8.